The van der Waals surface area contributed by atoms with Gasteiger partial charge in [0, 0.05) is 5.69 Å². The molecule has 0 saturated heterocycles. The summed E-state index contributed by atoms with van der Waals surface area (Å²) in [7, 11) is 0. The molecule has 21 heavy (non-hydrogen) atoms. The molecule has 5 nitrogen and oxygen atoms in total. The Bertz CT molecular complexity index is 518. The molecule has 1 aliphatic heterocycles. The van der Waals surface area contributed by atoms with E-state index in [1.807, 2.05) is 24.3 Å². The summed E-state index contributed by atoms with van der Waals surface area (Å²) in [5.74, 6) is 0.739. The van der Waals surface area contributed by atoms with Crippen LogP contribution in [0.25, 0.3) is 0 Å². The molecule has 1 amide bonds. The molecule has 5 heteroatoms. The van der Waals surface area contributed by atoms with Crippen LogP contribution in [0.2, 0.25) is 0 Å². The molecule has 1 N–H and O–H groups in total. The third-order valence-electron chi connectivity index (χ3n) is 3.59. The van der Waals surface area contributed by atoms with Crippen LogP contribution in [0.5, 0.6) is 5.75 Å². The maximum Gasteiger partial charge on any atom is 0.294 e. The summed E-state index contributed by atoms with van der Waals surface area (Å²) in [6, 6.07) is 7.40. The van der Waals surface area contributed by atoms with Gasteiger partial charge in [-0.05, 0) is 49.9 Å². The number of benzene rings is 1. The molecule has 0 bridgehead atoms. The number of carbonyl (C=O) groups is 1. The fraction of sp³-hybridized carbons (Fsp3) is 0.438. The average molecular weight is 289 g/mol. The van der Waals surface area contributed by atoms with Gasteiger partial charge in [0.1, 0.15) is 25.2 Å². The van der Waals surface area contributed by atoms with Gasteiger partial charge in [-0.3, -0.25) is 4.79 Å². The molecule has 2 aliphatic rings. The van der Waals surface area contributed by atoms with Crippen LogP contribution in [0.3, 0.4) is 0 Å². The van der Waals surface area contributed by atoms with Crippen molar-refractivity contribution in [3.05, 3.63) is 36.3 Å². The minimum atomic E-state index is -0.306. The predicted octanol–water partition coefficient (Wildman–Crippen LogP) is 2.83. The lowest BCUT2D eigenvalue weighted by Gasteiger charge is -2.16. The van der Waals surface area contributed by atoms with Gasteiger partial charge < -0.3 is 19.5 Å². The van der Waals surface area contributed by atoms with Crippen LogP contribution in [0.4, 0.5) is 5.69 Å². The number of amides is 1. The zero-order valence-corrected chi connectivity index (χ0v) is 11.8. The Balaban J connectivity index is 1.56. The highest BCUT2D eigenvalue weighted by Crippen LogP contribution is 2.25. The third-order valence-corrected chi connectivity index (χ3v) is 3.59. The van der Waals surface area contributed by atoms with Crippen LogP contribution in [-0.2, 0) is 14.3 Å². The maximum absolute atomic E-state index is 11.9. The Morgan fingerprint density at radius 1 is 1.14 bits per heavy atom. The second-order valence-corrected chi connectivity index (χ2v) is 5.20. The monoisotopic (exact) mass is 289 g/mol. The number of nitrogens with one attached hydrogen (secondary N) is 1. The fourth-order valence-electron chi connectivity index (χ4n) is 2.50. The summed E-state index contributed by atoms with van der Waals surface area (Å²) in [5.41, 5.74) is 0.703. The standard InChI is InChI=1S/C16H19NO4/c18-16(15-11-19-9-10-20-15)17-12-5-7-14(8-6-12)21-13-3-1-2-4-13/h5-8,11,13H,1-4,9-10H2,(H,17,18). The molecular weight excluding hydrogens is 270 g/mol. The summed E-state index contributed by atoms with van der Waals surface area (Å²) < 4.78 is 16.2. The molecule has 0 aromatic heterocycles. The highest BCUT2D eigenvalue weighted by molar-refractivity contribution is 6.02. The van der Waals surface area contributed by atoms with Gasteiger partial charge in [0.15, 0.2) is 0 Å². The molecule has 1 heterocycles. The van der Waals surface area contributed by atoms with Crippen molar-refractivity contribution in [3.63, 3.8) is 0 Å². The average Bonchev–Trinajstić information content (AvgIpc) is 3.03. The second-order valence-electron chi connectivity index (χ2n) is 5.20. The van der Waals surface area contributed by atoms with Crippen LogP contribution >= 0.6 is 0 Å². The number of anilines is 1. The molecule has 1 aromatic carbocycles. The lowest BCUT2D eigenvalue weighted by atomic mass is 10.2. The van der Waals surface area contributed by atoms with Gasteiger partial charge in [-0.1, -0.05) is 0 Å². The zero-order valence-electron chi connectivity index (χ0n) is 11.8. The lowest BCUT2D eigenvalue weighted by molar-refractivity contribution is -0.117. The Kier molecular flexibility index (Phi) is 4.28. The Morgan fingerprint density at radius 2 is 1.90 bits per heavy atom. The minimum absolute atomic E-state index is 0.201. The maximum atomic E-state index is 11.9. The van der Waals surface area contributed by atoms with Gasteiger partial charge in [0.05, 0.1) is 6.10 Å². The first-order chi connectivity index (χ1) is 10.3. The van der Waals surface area contributed by atoms with Crippen LogP contribution in [0, 0.1) is 0 Å². The molecule has 1 aliphatic carbocycles. The van der Waals surface area contributed by atoms with Crippen LogP contribution in [0.1, 0.15) is 25.7 Å². The first kappa shape index (κ1) is 13.8. The van der Waals surface area contributed by atoms with Crippen molar-refractivity contribution in [2.45, 2.75) is 31.8 Å². The van der Waals surface area contributed by atoms with Gasteiger partial charge >= 0.3 is 0 Å². The van der Waals surface area contributed by atoms with Gasteiger partial charge in [-0.25, -0.2) is 0 Å². The molecule has 3 rings (SSSR count). The number of hydrogen-bond acceptors (Lipinski definition) is 4. The molecule has 0 spiro atoms. The SMILES string of the molecule is O=C(Nc1ccc(OC2CCCC2)cc1)C1=COCCO1. The van der Waals surface area contributed by atoms with E-state index in [9.17, 15) is 4.79 Å². The van der Waals surface area contributed by atoms with Crippen molar-refractivity contribution in [1.82, 2.24) is 0 Å². The van der Waals surface area contributed by atoms with Crippen LogP contribution in [0.15, 0.2) is 36.3 Å². The smallest absolute Gasteiger partial charge is 0.294 e. The van der Waals surface area contributed by atoms with Crippen molar-refractivity contribution in [3.8, 4) is 5.75 Å². The first-order valence-corrected chi connectivity index (χ1v) is 7.34. The first-order valence-electron chi connectivity index (χ1n) is 7.34. The summed E-state index contributed by atoms with van der Waals surface area (Å²) in [6.07, 6.45) is 6.43. The van der Waals surface area contributed by atoms with Crippen molar-refractivity contribution in [2.75, 3.05) is 18.5 Å². The molecule has 0 unspecified atom stereocenters. The topological polar surface area (TPSA) is 56.8 Å². The molecule has 0 atom stereocenters. The van der Waals surface area contributed by atoms with E-state index in [1.165, 1.54) is 19.1 Å². The molecule has 0 radical (unpaired) electrons. The zero-order chi connectivity index (χ0) is 14.5. The summed E-state index contributed by atoms with van der Waals surface area (Å²) in [6.45, 7) is 0.872. The number of rotatable bonds is 4. The van der Waals surface area contributed by atoms with Crippen molar-refractivity contribution in [2.24, 2.45) is 0 Å². The molecular formula is C16H19NO4. The van der Waals surface area contributed by atoms with Crippen LogP contribution in [-0.4, -0.2) is 25.2 Å². The number of ether oxygens (including phenoxy) is 3. The van der Waals surface area contributed by atoms with E-state index in [0.717, 1.165) is 18.6 Å². The van der Waals surface area contributed by atoms with Gasteiger partial charge in [-0.15, -0.1) is 0 Å². The van der Waals surface area contributed by atoms with Crippen molar-refractivity contribution >= 4 is 11.6 Å². The minimum Gasteiger partial charge on any atom is -0.494 e. The van der Waals surface area contributed by atoms with E-state index in [-0.39, 0.29) is 11.7 Å². The highest BCUT2D eigenvalue weighted by Gasteiger charge is 2.17. The van der Waals surface area contributed by atoms with E-state index in [1.54, 1.807) is 0 Å². The van der Waals surface area contributed by atoms with E-state index in [0.29, 0.717) is 25.0 Å². The molecule has 112 valence electrons. The lowest BCUT2D eigenvalue weighted by Crippen LogP contribution is -2.21. The normalized spacial score (nSPS) is 18.4. The Morgan fingerprint density at radius 3 is 2.57 bits per heavy atom. The summed E-state index contributed by atoms with van der Waals surface area (Å²) in [4.78, 5) is 11.9. The summed E-state index contributed by atoms with van der Waals surface area (Å²) >= 11 is 0. The predicted molar refractivity (Wildman–Crippen MR) is 77.9 cm³/mol. The molecule has 1 fully saturated rings. The van der Waals surface area contributed by atoms with Crippen molar-refractivity contribution in [1.29, 1.82) is 0 Å². The van der Waals surface area contributed by atoms with Gasteiger partial charge in [-0.2, -0.15) is 0 Å². The van der Waals surface area contributed by atoms with Gasteiger partial charge in [0.25, 0.3) is 5.91 Å². The van der Waals surface area contributed by atoms with E-state index < -0.39 is 0 Å². The quantitative estimate of drug-likeness (QED) is 0.926. The molecule has 1 aromatic rings. The Labute approximate surface area is 123 Å². The third kappa shape index (κ3) is 3.68. The Hall–Kier alpha value is -2.17. The number of hydrogen-bond donors (Lipinski definition) is 1. The van der Waals surface area contributed by atoms with Gasteiger partial charge in [0.2, 0.25) is 5.76 Å². The molecule has 1 saturated carbocycles. The fourth-order valence-corrected chi connectivity index (χ4v) is 2.50. The largest absolute Gasteiger partial charge is 0.494 e. The van der Waals surface area contributed by atoms with Crippen LogP contribution < -0.4 is 10.1 Å². The van der Waals surface area contributed by atoms with Crippen molar-refractivity contribution < 1.29 is 19.0 Å². The highest BCUT2D eigenvalue weighted by atomic mass is 16.6. The van der Waals surface area contributed by atoms with E-state index in [2.05, 4.69) is 5.32 Å². The van der Waals surface area contributed by atoms with E-state index in [4.69, 9.17) is 14.2 Å². The van der Waals surface area contributed by atoms with E-state index >= 15 is 0 Å². The number of carbonyl (C=O) groups excluding carboxylic acids is 1. The second kappa shape index (κ2) is 6.52. The summed E-state index contributed by atoms with van der Waals surface area (Å²) in [5, 5.41) is 2.76.